The van der Waals surface area contributed by atoms with Crippen molar-refractivity contribution in [2.75, 3.05) is 10.0 Å². The molecule has 148 valence electrons. The van der Waals surface area contributed by atoms with Gasteiger partial charge in [0.05, 0.1) is 10.6 Å². The Balaban J connectivity index is 1.63. The molecule has 2 bridgehead atoms. The Kier molecular flexibility index (Phi) is 4.50. The third-order valence-corrected chi connectivity index (χ3v) is 6.17. The van der Waals surface area contributed by atoms with Crippen molar-refractivity contribution < 1.29 is 22.0 Å². The molecular weight excluding hydrogens is 395 g/mol. The summed E-state index contributed by atoms with van der Waals surface area (Å²) in [7, 11) is -3.93. The highest BCUT2D eigenvalue weighted by Crippen LogP contribution is 2.30. The van der Waals surface area contributed by atoms with Crippen LogP contribution < -0.4 is 10.0 Å². The lowest BCUT2D eigenvalue weighted by Crippen LogP contribution is -2.18. The smallest absolute Gasteiger partial charge is 0.262 e. The van der Waals surface area contributed by atoms with Crippen molar-refractivity contribution in [2.45, 2.75) is 18.7 Å². The third-order valence-electron chi connectivity index (χ3n) is 4.66. The van der Waals surface area contributed by atoms with Crippen LogP contribution in [0.15, 0.2) is 63.9 Å². The minimum Gasteiger partial charge on any atom is -0.455 e. The molecule has 0 aliphatic heterocycles. The highest BCUT2D eigenvalue weighted by atomic mass is 32.2. The Morgan fingerprint density at radius 1 is 1.03 bits per heavy atom. The average molecular weight is 412 g/mol. The number of halogens is 1. The lowest BCUT2D eigenvalue weighted by Gasteiger charge is -2.13. The van der Waals surface area contributed by atoms with Gasteiger partial charge in [0, 0.05) is 17.3 Å². The van der Waals surface area contributed by atoms with Gasteiger partial charge in [-0.3, -0.25) is 9.52 Å². The molecule has 1 amide bonds. The van der Waals surface area contributed by atoms with E-state index < -0.39 is 15.9 Å². The largest absolute Gasteiger partial charge is 0.455 e. The summed E-state index contributed by atoms with van der Waals surface area (Å²) in [6.45, 7) is 3.15. The van der Waals surface area contributed by atoms with Gasteiger partial charge in [-0.25, -0.2) is 12.8 Å². The van der Waals surface area contributed by atoms with Gasteiger partial charge in [0.2, 0.25) is 0 Å². The molecule has 29 heavy (non-hydrogen) atoms. The Labute approximate surface area is 166 Å². The minimum atomic E-state index is -3.93. The van der Waals surface area contributed by atoms with Crippen LogP contribution in [0.25, 0.3) is 11.2 Å². The number of benzene rings is 3. The van der Waals surface area contributed by atoms with Crippen molar-refractivity contribution in [2.24, 2.45) is 0 Å². The molecule has 4 aromatic rings. The summed E-state index contributed by atoms with van der Waals surface area (Å²) in [5.74, 6) is -0.857. The summed E-state index contributed by atoms with van der Waals surface area (Å²) in [6.07, 6.45) is 0. The summed E-state index contributed by atoms with van der Waals surface area (Å²) >= 11 is 0. The van der Waals surface area contributed by atoms with E-state index in [0.29, 0.717) is 33.7 Å². The molecule has 2 heterocycles. The number of hydrogen-bond acceptors (Lipinski definition) is 4. The molecule has 2 aromatic heterocycles. The zero-order valence-electron chi connectivity index (χ0n) is 15.6. The lowest BCUT2D eigenvalue weighted by molar-refractivity contribution is 0.102. The second kappa shape index (κ2) is 6.89. The summed E-state index contributed by atoms with van der Waals surface area (Å²) in [5.41, 5.74) is 2.66. The lowest BCUT2D eigenvalue weighted by atomic mass is 10.1. The predicted molar refractivity (Wildman–Crippen MR) is 108 cm³/mol. The third kappa shape index (κ3) is 3.54. The molecule has 4 rings (SSSR count). The van der Waals surface area contributed by atoms with Crippen molar-refractivity contribution >= 4 is 38.5 Å². The number of hydrogen-bond donors (Lipinski definition) is 2. The van der Waals surface area contributed by atoms with Crippen LogP contribution >= 0.6 is 0 Å². The van der Waals surface area contributed by atoms with Gasteiger partial charge in [0.15, 0.2) is 5.58 Å². The summed E-state index contributed by atoms with van der Waals surface area (Å²) in [6, 6.07) is 13.7. The molecule has 0 aliphatic carbocycles. The Bertz CT molecular complexity index is 1330. The number of nitrogens with one attached hydrogen (secondary N) is 2. The highest BCUT2D eigenvalue weighted by Gasteiger charge is 2.23. The fourth-order valence-electron chi connectivity index (χ4n) is 3.14. The Morgan fingerprint density at radius 2 is 1.83 bits per heavy atom. The maximum absolute atomic E-state index is 13.4. The standard InChI is InChI=1S/C21H17FN2O4S/c1-12-10-14(6-8-17(12)22)23-21(25)16-4-3-5-20(13(16)2)29(26,27)24-18-11-15-7-9-19(18)28-15/h3-11,24H,1-2H3,(H,23,25). The van der Waals surface area contributed by atoms with Gasteiger partial charge in [0.1, 0.15) is 11.4 Å². The number of aryl methyl sites for hydroxylation is 1. The zero-order chi connectivity index (χ0) is 20.8. The molecule has 0 unspecified atom stereocenters. The van der Waals surface area contributed by atoms with Crippen LogP contribution in [0.1, 0.15) is 21.5 Å². The Hall–Kier alpha value is -3.39. The molecule has 0 saturated heterocycles. The van der Waals surface area contributed by atoms with E-state index in [2.05, 4.69) is 10.0 Å². The van der Waals surface area contributed by atoms with E-state index in [0.717, 1.165) is 0 Å². The fraction of sp³-hybridized carbons (Fsp3) is 0.0952. The average Bonchev–Trinajstić information content (AvgIpc) is 3.27. The van der Waals surface area contributed by atoms with Crippen molar-refractivity contribution in [3.63, 3.8) is 0 Å². The predicted octanol–water partition coefficient (Wildman–Crippen LogP) is 4.68. The van der Waals surface area contributed by atoms with E-state index >= 15 is 0 Å². The normalized spacial score (nSPS) is 11.7. The number of sulfonamides is 1. The quantitative estimate of drug-likeness (QED) is 0.498. The number of carbonyl (C=O) groups is 1. The molecule has 0 radical (unpaired) electrons. The number of anilines is 2. The molecule has 6 nitrogen and oxygen atoms in total. The van der Waals surface area contributed by atoms with E-state index in [-0.39, 0.29) is 16.3 Å². The second-order valence-electron chi connectivity index (χ2n) is 6.71. The zero-order valence-corrected chi connectivity index (χ0v) is 16.4. The second-order valence-corrected chi connectivity index (χ2v) is 8.36. The summed E-state index contributed by atoms with van der Waals surface area (Å²) < 4.78 is 47.0. The number of amides is 1. The first-order valence-electron chi connectivity index (χ1n) is 8.76. The Morgan fingerprint density at radius 3 is 2.48 bits per heavy atom. The van der Waals surface area contributed by atoms with E-state index in [1.165, 1.54) is 36.4 Å². The SMILES string of the molecule is Cc1cc(NC(=O)c2cccc(S(=O)(=O)Nc3cc4ccc3o4)c2C)ccc1F. The highest BCUT2D eigenvalue weighted by molar-refractivity contribution is 7.92. The molecular formula is C21H17FN2O4S. The van der Waals surface area contributed by atoms with Crippen LogP contribution in [-0.4, -0.2) is 14.3 Å². The molecule has 0 aliphatic rings. The monoisotopic (exact) mass is 412 g/mol. The van der Waals surface area contributed by atoms with Crippen molar-refractivity contribution in [1.29, 1.82) is 0 Å². The summed E-state index contributed by atoms with van der Waals surface area (Å²) in [5, 5.41) is 2.67. The number of fused-ring (bicyclic) bond motifs is 2. The van der Waals surface area contributed by atoms with Crippen LogP contribution in [0.3, 0.4) is 0 Å². The minimum absolute atomic E-state index is 0.0151. The van der Waals surface area contributed by atoms with E-state index in [1.54, 1.807) is 32.0 Å². The maximum atomic E-state index is 13.4. The van der Waals surface area contributed by atoms with Crippen LogP contribution in [0.5, 0.6) is 0 Å². The van der Waals surface area contributed by atoms with E-state index in [4.69, 9.17) is 4.42 Å². The van der Waals surface area contributed by atoms with Crippen LogP contribution in [0.4, 0.5) is 15.8 Å². The number of carbonyl (C=O) groups excluding carboxylic acids is 1. The van der Waals surface area contributed by atoms with Gasteiger partial charge in [-0.2, -0.15) is 0 Å². The van der Waals surface area contributed by atoms with E-state index in [1.807, 2.05) is 0 Å². The molecule has 8 heteroatoms. The van der Waals surface area contributed by atoms with Gasteiger partial charge in [0.25, 0.3) is 15.9 Å². The number of rotatable bonds is 5. The van der Waals surface area contributed by atoms with Crippen molar-refractivity contribution in [3.8, 4) is 0 Å². The maximum Gasteiger partial charge on any atom is 0.262 e. The fourth-order valence-corrected chi connectivity index (χ4v) is 4.47. The van der Waals surface area contributed by atoms with Gasteiger partial charge < -0.3 is 9.73 Å². The van der Waals surface area contributed by atoms with Crippen LogP contribution in [0.2, 0.25) is 0 Å². The topological polar surface area (TPSA) is 88.4 Å². The van der Waals surface area contributed by atoms with Gasteiger partial charge in [-0.05, 0) is 67.4 Å². The molecule has 0 spiro atoms. The molecule has 0 fully saturated rings. The van der Waals surface area contributed by atoms with Crippen LogP contribution in [-0.2, 0) is 10.0 Å². The van der Waals surface area contributed by atoms with Crippen LogP contribution in [0, 0.1) is 19.7 Å². The number of furan rings is 2. The van der Waals surface area contributed by atoms with Crippen molar-refractivity contribution in [3.05, 3.63) is 77.1 Å². The molecule has 2 aromatic carbocycles. The van der Waals surface area contributed by atoms with E-state index in [9.17, 15) is 17.6 Å². The molecule has 0 saturated carbocycles. The first-order chi connectivity index (χ1) is 13.7. The first kappa shape index (κ1) is 18.9. The van der Waals surface area contributed by atoms with Gasteiger partial charge in [-0.1, -0.05) is 6.07 Å². The molecule has 2 N–H and O–H groups in total. The molecule has 0 atom stereocenters. The summed E-state index contributed by atoms with van der Waals surface area (Å²) in [4.78, 5) is 12.7. The van der Waals surface area contributed by atoms with Crippen molar-refractivity contribution in [1.82, 2.24) is 0 Å². The van der Waals surface area contributed by atoms with Gasteiger partial charge in [-0.15, -0.1) is 0 Å². The first-order valence-corrected chi connectivity index (χ1v) is 10.2. The van der Waals surface area contributed by atoms with Gasteiger partial charge >= 0.3 is 0 Å².